The summed E-state index contributed by atoms with van der Waals surface area (Å²) in [6, 6.07) is 7.56. The fourth-order valence-electron chi connectivity index (χ4n) is 2.41. The van der Waals surface area contributed by atoms with Crippen molar-refractivity contribution in [2.75, 3.05) is 13.1 Å². The number of H-pyrrole nitrogens is 1. The van der Waals surface area contributed by atoms with Crippen molar-refractivity contribution in [3.05, 3.63) is 34.2 Å². The van der Waals surface area contributed by atoms with Crippen LogP contribution in [0, 0.1) is 11.3 Å². The molecule has 5 heteroatoms. The molecule has 1 unspecified atom stereocenters. The fraction of sp³-hybridized carbons (Fsp3) is 0.333. The lowest BCUT2D eigenvalue weighted by Gasteiger charge is -2.10. The normalized spacial score (nSPS) is 19.6. The van der Waals surface area contributed by atoms with Crippen LogP contribution in [0.25, 0.3) is 11.0 Å². The third-order valence-corrected chi connectivity index (χ3v) is 3.25. The summed E-state index contributed by atoms with van der Waals surface area (Å²) in [5.74, 6) is 0. The van der Waals surface area contributed by atoms with Gasteiger partial charge in [-0.2, -0.15) is 5.26 Å². The number of benzene rings is 1. The first-order chi connectivity index (χ1) is 8.29. The first-order valence-electron chi connectivity index (χ1n) is 5.64. The van der Waals surface area contributed by atoms with Crippen LogP contribution in [0.4, 0.5) is 0 Å². The Balaban J connectivity index is 2.25. The molecule has 1 aromatic heterocycles. The van der Waals surface area contributed by atoms with Gasteiger partial charge in [0.15, 0.2) is 0 Å². The van der Waals surface area contributed by atoms with Crippen LogP contribution in [0.1, 0.15) is 18.0 Å². The molecule has 86 valence electrons. The Hall–Kier alpha value is -2.06. The lowest BCUT2D eigenvalue weighted by atomic mass is 10.2. The summed E-state index contributed by atoms with van der Waals surface area (Å²) in [7, 11) is 0. The molecule has 0 saturated carbocycles. The number of aromatic amines is 1. The Morgan fingerprint density at radius 3 is 3.06 bits per heavy atom. The molecule has 1 aliphatic rings. The summed E-state index contributed by atoms with van der Waals surface area (Å²) in [6.07, 6.45) is 0.948. The highest BCUT2D eigenvalue weighted by molar-refractivity contribution is 5.77. The van der Waals surface area contributed by atoms with E-state index in [4.69, 9.17) is 5.26 Å². The molecule has 0 radical (unpaired) electrons. The number of hydrogen-bond donors (Lipinski definition) is 2. The molecule has 0 bridgehead atoms. The molecule has 0 spiro atoms. The standard InChI is InChI=1S/C12H12N4O/c13-6-8-1-2-10-11(5-8)16(12(17)15-10)9-3-4-14-7-9/h1-2,5,9,14H,3-4,7H2,(H,15,17). The molecular weight excluding hydrogens is 216 g/mol. The molecule has 2 heterocycles. The van der Waals surface area contributed by atoms with Gasteiger partial charge in [-0.25, -0.2) is 4.79 Å². The summed E-state index contributed by atoms with van der Waals surface area (Å²) in [6.45, 7) is 1.74. The molecule has 2 N–H and O–H groups in total. The number of nitrogens with one attached hydrogen (secondary N) is 2. The van der Waals surface area contributed by atoms with Crippen molar-refractivity contribution in [3.63, 3.8) is 0 Å². The highest BCUT2D eigenvalue weighted by Crippen LogP contribution is 2.20. The Labute approximate surface area is 97.7 Å². The Morgan fingerprint density at radius 1 is 1.47 bits per heavy atom. The van der Waals surface area contributed by atoms with Gasteiger partial charge in [0.05, 0.1) is 28.7 Å². The highest BCUT2D eigenvalue weighted by Gasteiger charge is 2.20. The maximum Gasteiger partial charge on any atom is 0.326 e. The second kappa shape index (κ2) is 3.75. The third kappa shape index (κ3) is 1.54. The molecule has 2 aromatic rings. The van der Waals surface area contributed by atoms with E-state index in [1.165, 1.54) is 0 Å². The monoisotopic (exact) mass is 228 g/mol. The lowest BCUT2D eigenvalue weighted by Crippen LogP contribution is -2.23. The van der Waals surface area contributed by atoms with Crippen LogP contribution < -0.4 is 11.0 Å². The molecule has 1 atom stereocenters. The molecule has 1 aliphatic heterocycles. The van der Waals surface area contributed by atoms with Gasteiger partial charge in [-0.15, -0.1) is 0 Å². The minimum atomic E-state index is -0.0937. The van der Waals surface area contributed by atoms with Crippen LogP contribution in [-0.2, 0) is 0 Å². The van der Waals surface area contributed by atoms with Gasteiger partial charge in [0, 0.05) is 6.54 Å². The molecule has 0 amide bonds. The minimum Gasteiger partial charge on any atom is -0.315 e. The molecule has 5 nitrogen and oxygen atoms in total. The van der Waals surface area contributed by atoms with Gasteiger partial charge in [-0.05, 0) is 31.2 Å². The van der Waals surface area contributed by atoms with Crippen LogP contribution >= 0.6 is 0 Å². The Bertz CT molecular complexity index is 655. The molecule has 17 heavy (non-hydrogen) atoms. The van der Waals surface area contributed by atoms with E-state index in [9.17, 15) is 4.79 Å². The molecule has 1 saturated heterocycles. The van der Waals surface area contributed by atoms with Gasteiger partial charge in [0.25, 0.3) is 0 Å². The topological polar surface area (TPSA) is 73.6 Å². The lowest BCUT2D eigenvalue weighted by molar-refractivity contribution is 0.546. The van der Waals surface area contributed by atoms with E-state index in [-0.39, 0.29) is 11.7 Å². The first-order valence-corrected chi connectivity index (χ1v) is 5.64. The van der Waals surface area contributed by atoms with E-state index in [1.807, 2.05) is 0 Å². The summed E-state index contributed by atoms with van der Waals surface area (Å²) < 4.78 is 1.76. The quantitative estimate of drug-likeness (QED) is 0.756. The summed E-state index contributed by atoms with van der Waals surface area (Å²) in [5, 5.41) is 12.1. The Morgan fingerprint density at radius 2 is 2.35 bits per heavy atom. The number of nitriles is 1. The average molecular weight is 228 g/mol. The van der Waals surface area contributed by atoms with E-state index in [0.29, 0.717) is 5.56 Å². The largest absolute Gasteiger partial charge is 0.326 e. The van der Waals surface area contributed by atoms with Crippen LogP contribution in [0.3, 0.4) is 0 Å². The van der Waals surface area contributed by atoms with Crippen LogP contribution in [0.2, 0.25) is 0 Å². The molecular formula is C12H12N4O. The maximum absolute atomic E-state index is 11.9. The number of fused-ring (bicyclic) bond motifs is 1. The zero-order chi connectivity index (χ0) is 11.8. The summed E-state index contributed by atoms with van der Waals surface area (Å²) in [5.41, 5.74) is 2.10. The zero-order valence-corrected chi connectivity index (χ0v) is 9.23. The fourth-order valence-corrected chi connectivity index (χ4v) is 2.41. The third-order valence-electron chi connectivity index (χ3n) is 3.25. The summed E-state index contributed by atoms with van der Waals surface area (Å²) >= 11 is 0. The van der Waals surface area contributed by atoms with Crippen LogP contribution in [0.15, 0.2) is 23.0 Å². The van der Waals surface area contributed by atoms with Crippen molar-refractivity contribution in [2.24, 2.45) is 0 Å². The predicted octanol–water partition coefficient (Wildman–Crippen LogP) is 0.736. The van der Waals surface area contributed by atoms with Gasteiger partial charge in [-0.3, -0.25) is 4.57 Å². The van der Waals surface area contributed by atoms with Gasteiger partial charge < -0.3 is 10.3 Å². The first kappa shape index (κ1) is 10.1. The predicted molar refractivity (Wildman–Crippen MR) is 63.8 cm³/mol. The molecule has 0 aliphatic carbocycles. The van der Waals surface area contributed by atoms with E-state index in [1.54, 1.807) is 22.8 Å². The number of nitrogens with zero attached hydrogens (tertiary/aromatic N) is 2. The van der Waals surface area contributed by atoms with E-state index >= 15 is 0 Å². The minimum absolute atomic E-state index is 0.0937. The van der Waals surface area contributed by atoms with Gasteiger partial charge in [0.2, 0.25) is 0 Å². The molecule has 1 fully saturated rings. The SMILES string of the molecule is N#Cc1ccc2[nH]c(=O)n(C3CCNC3)c2c1. The number of rotatable bonds is 1. The van der Waals surface area contributed by atoms with E-state index in [2.05, 4.69) is 16.4 Å². The van der Waals surface area contributed by atoms with Crippen LogP contribution in [0.5, 0.6) is 0 Å². The average Bonchev–Trinajstić information content (AvgIpc) is 2.93. The van der Waals surface area contributed by atoms with Crippen molar-refractivity contribution in [1.29, 1.82) is 5.26 Å². The molecule has 1 aromatic carbocycles. The van der Waals surface area contributed by atoms with Crippen LogP contribution in [-0.4, -0.2) is 22.6 Å². The van der Waals surface area contributed by atoms with Crippen molar-refractivity contribution in [2.45, 2.75) is 12.5 Å². The molecule has 3 rings (SSSR count). The number of aromatic nitrogens is 2. The second-order valence-electron chi connectivity index (χ2n) is 4.29. The smallest absolute Gasteiger partial charge is 0.315 e. The zero-order valence-electron chi connectivity index (χ0n) is 9.23. The number of hydrogen-bond acceptors (Lipinski definition) is 3. The van der Waals surface area contributed by atoms with Gasteiger partial charge in [0.1, 0.15) is 0 Å². The van der Waals surface area contributed by atoms with Crippen molar-refractivity contribution in [1.82, 2.24) is 14.9 Å². The van der Waals surface area contributed by atoms with Crippen molar-refractivity contribution >= 4 is 11.0 Å². The second-order valence-corrected chi connectivity index (χ2v) is 4.29. The Kier molecular flexibility index (Phi) is 2.23. The van der Waals surface area contributed by atoms with E-state index < -0.39 is 0 Å². The maximum atomic E-state index is 11.9. The summed E-state index contributed by atoms with van der Waals surface area (Å²) in [4.78, 5) is 14.7. The van der Waals surface area contributed by atoms with Gasteiger partial charge in [-0.1, -0.05) is 0 Å². The van der Waals surface area contributed by atoms with Crippen molar-refractivity contribution in [3.8, 4) is 6.07 Å². The highest BCUT2D eigenvalue weighted by atomic mass is 16.1. The van der Waals surface area contributed by atoms with Gasteiger partial charge >= 0.3 is 5.69 Å². The number of imidazole rings is 1. The van der Waals surface area contributed by atoms with Crippen molar-refractivity contribution < 1.29 is 0 Å². The van der Waals surface area contributed by atoms with E-state index in [0.717, 1.165) is 30.5 Å².